The zero-order valence-corrected chi connectivity index (χ0v) is 16.7. The molecule has 0 saturated heterocycles. The molecular weight excluding hydrogens is 364 g/mol. The van der Waals surface area contributed by atoms with E-state index in [1.807, 2.05) is 60.7 Å². The van der Waals surface area contributed by atoms with Crippen molar-refractivity contribution in [2.45, 2.75) is 11.7 Å². The average Bonchev–Trinajstić information content (AvgIpc) is 2.77. The number of aliphatic hydroxyl groups excluding tert-OH is 1. The summed E-state index contributed by atoms with van der Waals surface area (Å²) in [6, 6.07) is 30.6. The quantitative estimate of drug-likeness (QED) is 0.290. The SMILES string of the molecule is C=CCSCC(O)COC(c1ccccc1)(c1ccccc1)c1ccccc1. The summed E-state index contributed by atoms with van der Waals surface area (Å²) in [4.78, 5) is 0. The van der Waals surface area contributed by atoms with Crippen LogP contribution in [0, 0.1) is 0 Å². The Hall–Kier alpha value is -2.33. The second kappa shape index (κ2) is 10.3. The van der Waals surface area contributed by atoms with Gasteiger partial charge in [0.15, 0.2) is 0 Å². The van der Waals surface area contributed by atoms with Crippen LogP contribution in [0.2, 0.25) is 0 Å². The number of ether oxygens (including phenoxy) is 1. The average molecular weight is 391 g/mol. The van der Waals surface area contributed by atoms with Crippen molar-refractivity contribution in [1.82, 2.24) is 0 Å². The Balaban J connectivity index is 2.03. The van der Waals surface area contributed by atoms with E-state index in [1.165, 1.54) is 0 Å². The van der Waals surface area contributed by atoms with Crippen LogP contribution in [-0.4, -0.2) is 29.3 Å². The first-order valence-corrected chi connectivity index (χ1v) is 10.6. The van der Waals surface area contributed by atoms with E-state index in [0.29, 0.717) is 5.75 Å². The lowest BCUT2D eigenvalue weighted by Gasteiger charge is -2.36. The lowest BCUT2D eigenvalue weighted by Crippen LogP contribution is -2.36. The summed E-state index contributed by atoms with van der Waals surface area (Å²) in [7, 11) is 0. The minimum atomic E-state index is -0.784. The predicted molar refractivity (Wildman–Crippen MR) is 119 cm³/mol. The van der Waals surface area contributed by atoms with Gasteiger partial charge in [-0.15, -0.1) is 6.58 Å². The second-order valence-corrected chi connectivity index (χ2v) is 7.65. The molecule has 28 heavy (non-hydrogen) atoms. The molecule has 0 aromatic heterocycles. The third-order valence-electron chi connectivity index (χ3n) is 4.58. The van der Waals surface area contributed by atoms with E-state index in [-0.39, 0.29) is 6.61 Å². The first-order chi connectivity index (χ1) is 13.8. The highest BCUT2D eigenvalue weighted by Gasteiger charge is 2.37. The molecule has 3 aromatic carbocycles. The van der Waals surface area contributed by atoms with Crippen molar-refractivity contribution in [2.75, 3.05) is 18.1 Å². The molecule has 1 unspecified atom stereocenters. The van der Waals surface area contributed by atoms with Gasteiger partial charge in [0.05, 0.1) is 12.7 Å². The minimum absolute atomic E-state index is 0.239. The van der Waals surface area contributed by atoms with E-state index >= 15 is 0 Å². The Morgan fingerprint density at radius 3 is 1.64 bits per heavy atom. The maximum atomic E-state index is 10.5. The van der Waals surface area contributed by atoms with Crippen LogP contribution in [0.5, 0.6) is 0 Å². The summed E-state index contributed by atoms with van der Waals surface area (Å²) in [6.07, 6.45) is 1.29. The maximum Gasteiger partial charge on any atom is 0.143 e. The summed E-state index contributed by atoms with van der Waals surface area (Å²) < 4.78 is 6.59. The van der Waals surface area contributed by atoms with Crippen LogP contribution >= 0.6 is 11.8 Å². The van der Waals surface area contributed by atoms with Crippen LogP contribution in [0.25, 0.3) is 0 Å². The standard InChI is InChI=1S/C25H26O2S/c1-2-18-28-20-24(26)19-27-25(21-12-6-3-7-13-21,22-14-8-4-9-15-22)23-16-10-5-11-17-23/h2-17,24,26H,1,18-20H2. The van der Waals surface area contributed by atoms with Gasteiger partial charge in [-0.1, -0.05) is 97.1 Å². The molecule has 3 heteroatoms. The lowest BCUT2D eigenvalue weighted by molar-refractivity contribution is -0.0311. The molecule has 1 atom stereocenters. The van der Waals surface area contributed by atoms with Crippen molar-refractivity contribution in [3.63, 3.8) is 0 Å². The molecule has 0 aliphatic rings. The van der Waals surface area contributed by atoms with Crippen LogP contribution in [0.4, 0.5) is 0 Å². The zero-order chi connectivity index (χ0) is 19.7. The van der Waals surface area contributed by atoms with Gasteiger partial charge in [-0.25, -0.2) is 0 Å². The molecule has 0 heterocycles. The van der Waals surface area contributed by atoms with Crippen molar-refractivity contribution < 1.29 is 9.84 Å². The first-order valence-electron chi connectivity index (χ1n) is 9.44. The summed E-state index contributed by atoms with van der Waals surface area (Å²) in [5.74, 6) is 1.43. The molecule has 2 nitrogen and oxygen atoms in total. The predicted octanol–water partition coefficient (Wildman–Crippen LogP) is 5.28. The van der Waals surface area contributed by atoms with Crippen LogP contribution in [-0.2, 0) is 10.3 Å². The normalized spacial score (nSPS) is 12.5. The third kappa shape index (κ3) is 4.74. The number of aliphatic hydroxyl groups is 1. The molecule has 3 aromatic rings. The lowest BCUT2D eigenvalue weighted by atomic mass is 9.80. The van der Waals surface area contributed by atoms with Gasteiger partial charge in [0.1, 0.15) is 5.60 Å². The fourth-order valence-electron chi connectivity index (χ4n) is 3.33. The van der Waals surface area contributed by atoms with E-state index in [4.69, 9.17) is 4.74 Å². The molecule has 0 fully saturated rings. The highest BCUT2D eigenvalue weighted by molar-refractivity contribution is 7.99. The molecule has 1 N–H and O–H groups in total. The number of thioether (sulfide) groups is 1. The fourth-order valence-corrected chi connectivity index (χ4v) is 4.00. The molecule has 0 spiro atoms. The Labute approximate surface area is 171 Å². The molecule has 0 amide bonds. The Morgan fingerprint density at radius 2 is 1.25 bits per heavy atom. The van der Waals surface area contributed by atoms with Crippen LogP contribution in [0.1, 0.15) is 16.7 Å². The largest absolute Gasteiger partial charge is 0.390 e. The van der Waals surface area contributed by atoms with Crippen molar-refractivity contribution in [2.24, 2.45) is 0 Å². The zero-order valence-electron chi connectivity index (χ0n) is 15.9. The Morgan fingerprint density at radius 1 is 0.821 bits per heavy atom. The van der Waals surface area contributed by atoms with E-state index in [2.05, 4.69) is 43.0 Å². The van der Waals surface area contributed by atoms with Gasteiger partial charge >= 0.3 is 0 Å². The number of hydrogen-bond donors (Lipinski definition) is 1. The van der Waals surface area contributed by atoms with Crippen LogP contribution in [0.15, 0.2) is 104 Å². The molecule has 0 aliphatic heterocycles. The van der Waals surface area contributed by atoms with Crippen molar-refractivity contribution in [1.29, 1.82) is 0 Å². The fraction of sp³-hybridized carbons (Fsp3) is 0.200. The Kier molecular flexibility index (Phi) is 7.49. The first kappa shape index (κ1) is 20.4. The van der Waals surface area contributed by atoms with Gasteiger partial charge in [0, 0.05) is 11.5 Å². The van der Waals surface area contributed by atoms with Gasteiger partial charge in [-0.2, -0.15) is 11.8 Å². The summed E-state index contributed by atoms with van der Waals surface area (Å²) in [5, 5.41) is 10.5. The highest BCUT2D eigenvalue weighted by Crippen LogP contribution is 2.40. The summed E-state index contributed by atoms with van der Waals surface area (Å²) in [5.41, 5.74) is 2.34. The van der Waals surface area contributed by atoms with Crippen molar-refractivity contribution >= 4 is 11.8 Å². The van der Waals surface area contributed by atoms with Crippen molar-refractivity contribution in [3.8, 4) is 0 Å². The van der Waals surface area contributed by atoms with Gasteiger partial charge in [-0.05, 0) is 16.7 Å². The Bertz CT molecular complexity index is 738. The number of rotatable bonds is 10. The van der Waals surface area contributed by atoms with E-state index in [1.54, 1.807) is 11.8 Å². The second-order valence-electron chi connectivity index (χ2n) is 6.57. The topological polar surface area (TPSA) is 29.5 Å². The molecule has 0 bridgehead atoms. The van der Waals surface area contributed by atoms with E-state index < -0.39 is 11.7 Å². The van der Waals surface area contributed by atoms with Gasteiger partial charge in [-0.3, -0.25) is 0 Å². The highest BCUT2D eigenvalue weighted by atomic mass is 32.2. The van der Waals surface area contributed by atoms with Gasteiger partial charge in [0.25, 0.3) is 0 Å². The van der Waals surface area contributed by atoms with Crippen LogP contribution < -0.4 is 0 Å². The molecule has 0 radical (unpaired) electrons. The molecule has 3 rings (SSSR count). The number of hydrogen-bond acceptors (Lipinski definition) is 3. The monoisotopic (exact) mass is 390 g/mol. The van der Waals surface area contributed by atoms with E-state index in [0.717, 1.165) is 22.4 Å². The van der Waals surface area contributed by atoms with E-state index in [9.17, 15) is 5.11 Å². The van der Waals surface area contributed by atoms with Gasteiger partial charge in [0.2, 0.25) is 0 Å². The van der Waals surface area contributed by atoms with Gasteiger partial charge < -0.3 is 9.84 Å². The molecular formula is C25H26O2S. The smallest absolute Gasteiger partial charge is 0.143 e. The summed E-state index contributed by atoms with van der Waals surface area (Å²) in [6.45, 7) is 3.97. The molecule has 0 saturated carbocycles. The number of benzene rings is 3. The third-order valence-corrected chi connectivity index (χ3v) is 5.67. The maximum absolute atomic E-state index is 10.5. The summed E-state index contributed by atoms with van der Waals surface area (Å²) >= 11 is 1.65. The molecule has 144 valence electrons. The molecule has 0 aliphatic carbocycles. The van der Waals surface area contributed by atoms with Crippen molar-refractivity contribution in [3.05, 3.63) is 120 Å². The van der Waals surface area contributed by atoms with Crippen LogP contribution in [0.3, 0.4) is 0 Å². The minimum Gasteiger partial charge on any atom is -0.390 e.